The number of hydrogen-bond acceptors (Lipinski definition) is 1. The molecule has 1 atom stereocenters. The van der Waals surface area contributed by atoms with E-state index in [1.165, 1.54) is 19.3 Å². The van der Waals surface area contributed by atoms with Crippen molar-refractivity contribution in [2.45, 2.75) is 83.5 Å². The average Bonchev–Trinajstić information content (AvgIpc) is 2.59. The monoisotopic (exact) mass is 356 g/mol. The molecule has 0 fully saturated rings. The van der Waals surface area contributed by atoms with Crippen LogP contribution >= 0.6 is 0 Å². The summed E-state index contributed by atoms with van der Waals surface area (Å²) < 4.78 is 6.86. The fourth-order valence-corrected chi connectivity index (χ4v) is 7.45. The van der Waals surface area contributed by atoms with Crippen LogP contribution in [0.2, 0.25) is 17.1 Å². The summed E-state index contributed by atoms with van der Waals surface area (Å²) in [6.45, 7) is 15.5. The second-order valence-corrected chi connectivity index (χ2v) is 12.4. The highest BCUT2D eigenvalue weighted by Crippen LogP contribution is 2.38. The zero-order valence-electron chi connectivity index (χ0n) is 16.8. The van der Waals surface area contributed by atoms with E-state index in [-0.39, 0.29) is 6.10 Å². The lowest BCUT2D eigenvalue weighted by atomic mass is 10.1. The molecular formula is C23H36OSi. The van der Waals surface area contributed by atoms with Crippen molar-refractivity contribution in [1.82, 2.24) is 0 Å². The van der Waals surface area contributed by atoms with Crippen molar-refractivity contribution in [3.8, 4) is 11.8 Å². The molecule has 0 aliphatic rings. The molecule has 0 spiro atoms. The molecule has 1 nitrogen and oxygen atoms in total. The van der Waals surface area contributed by atoms with E-state index in [9.17, 15) is 0 Å². The maximum absolute atomic E-state index is 6.86. The topological polar surface area (TPSA) is 9.23 Å². The minimum Gasteiger partial charge on any atom is -0.402 e. The van der Waals surface area contributed by atoms with Crippen molar-refractivity contribution in [2.75, 3.05) is 0 Å². The van der Waals surface area contributed by atoms with E-state index in [1.54, 1.807) is 0 Å². The first-order valence-corrected chi connectivity index (χ1v) is 12.1. The molecule has 0 heterocycles. The van der Waals surface area contributed by atoms with E-state index in [4.69, 9.17) is 4.43 Å². The Morgan fingerprint density at radius 3 is 2.24 bits per heavy atom. The van der Waals surface area contributed by atoms with Gasteiger partial charge in [-0.15, -0.1) is 6.58 Å². The Bertz CT molecular complexity index is 542. The molecule has 0 radical (unpaired) electrons. The van der Waals surface area contributed by atoms with Crippen molar-refractivity contribution in [3.63, 3.8) is 0 Å². The summed E-state index contributed by atoms with van der Waals surface area (Å²) in [4.78, 5) is 0. The van der Waals surface area contributed by atoms with Crippen molar-refractivity contribution in [3.05, 3.63) is 48.6 Å². The van der Waals surface area contributed by atoms with Crippen molar-refractivity contribution < 1.29 is 4.43 Å². The summed E-state index contributed by atoms with van der Waals surface area (Å²) in [5.74, 6) is 6.78. The summed E-state index contributed by atoms with van der Waals surface area (Å²) in [5.41, 5.74) is 2.17. The van der Waals surface area contributed by atoms with Gasteiger partial charge >= 0.3 is 0 Å². The lowest BCUT2D eigenvalue weighted by Crippen LogP contribution is -2.47. The second kappa shape index (κ2) is 11.3. The van der Waals surface area contributed by atoms with Gasteiger partial charge in [0.1, 0.15) is 6.10 Å². The Morgan fingerprint density at radius 1 is 1.08 bits per heavy atom. The zero-order chi connectivity index (χ0) is 18.7. The smallest absolute Gasteiger partial charge is 0.203 e. The number of benzene rings is 1. The van der Waals surface area contributed by atoms with E-state index >= 15 is 0 Å². The van der Waals surface area contributed by atoms with Gasteiger partial charge in [0.2, 0.25) is 8.32 Å². The van der Waals surface area contributed by atoms with Crippen LogP contribution in [-0.2, 0) is 4.43 Å². The van der Waals surface area contributed by atoms with Gasteiger partial charge in [-0.25, -0.2) is 0 Å². The Balaban J connectivity index is 3.04. The van der Waals surface area contributed by atoms with Crippen molar-refractivity contribution >= 4 is 8.32 Å². The molecule has 0 N–H and O–H groups in total. The molecule has 0 aromatic heterocycles. The maximum Gasteiger partial charge on any atom is 0.203 e. The first-order chi connectivity index (χ1) is 12.0. The second-order valence-electron chi connectivity index (χ2n) is 7.49. The molecule has 0 bridgehead atoms. The van der Waals surface area contributed by atoms with Crippen LogP contribution < -0.4 is 0 Å². The summed E-state index contributed by atoms with van der Waals surface area (Å²) in [6.07, 6.45) is 6.76. The minimum absolute atomic E-state index is 0.0307. The van der Waals surface area contributed by atoms with Crippen molar-refractivity contribution in [1.29, 1.82) is 0 Å². The number of allylic oxidation sites excluding steroid dienone is 1. The van der Waals surface area contributed by atoms with Crippen LogP contribution in [0.3, 0.4) is 0 Å². The molecule has 1 aromatic carbocycles. The van der Waals surface area contributed by atoms with Gasteiger partial charge in [0.15, 0.2) is 0 Å². The largest absolute Gasteiger partial charge is 0.402 e. The van der Waals surface area contributed by atoms with Gasteiger partial charge in [-0.05, 0) is 42.1 Å². The van der Waals surface area contributed by atoms with E-state index in [0.717, 1.165) is 18.0 Å². The van der Waals surface area contributed by atoms with Crippen LogP contribution in [0, 0.1) is 11.8 Å². The summed E-state index contributed by atoms with van der Waals surface area (Å²) in [7, 11) is -1.93. The maximum atomic E-state index is 6.86. The van der Waals surface area contributed by atoms with E-state index in [1.807, 2.05) is 18.2 Å². The third-order valence-corrected chi connectivity index (χ3v) is 10.6. The number of unbranched alkanes of at least 4 members (excludes halogenated alkanes) is 2. The Kier molecular flexibility index (Phi) is 9.86. The fraction of sp³-hybridized carbons (Fsp3) is 0.565. The first kappa shape index (κ1) is 21.7. The first-order valence-electron chi connectivity index (χ1n) is 9.81. The SMILES string of the molecule is C=CC[Si](OC(C#Cc1ccccc1)CCCCC)(C(C)C)C(C)C. The standard InChI is InChI=1S/C23H36OSi/c1-7-9-11-16-23(18-17-22-14-12-10-13-15-22)24-25(19-8-2,20(3)4)21(5)6/h8,10,12-15,20-21,23H,2,7,9,11,16,19H2,1,3-6H3. The van der Waals surface area contributed by atoms with Gasteiger partial charge in [0, 0.05) is 5.56 Å². The van der Waals surface area contributed by atoms with Gasteiger partial charge in [0.05, 0.1) is 0 Å². The Hall–Kier alpha value is -1.30. The Labute approximate surface area is 157 Å². The van der Waals surface area contributed by atoms with E-state index in [0.29, 0.717) is 11.1 Å². The lowest BCUT2D eigenvalue weighted by molar-refractivity contribution is 0.217. The van der Waals surface area contributed by atoms with Crippen LogP contribution in [0.1, 0.15) is 65.9 Å². The molecule has 0 saturated heterocycles. The van der Waals surface area contributed by atoms with Crippen LogP contribution in [-0.4, -0.2) is 14.4 Å². The fourth-order valence-electron chi connectivity index (χ4n) is 3.37. The predicted molar refractivity (Wildman–Crippen MR) is 113 cm³/mol. The van der Waals surface area contributed by atoms with E-state index in [2.05, 4.69) is 71.2 Å². The summed E-state index contributed by atoms with van der Waals surface area (Å²) >= 11 is 0. The van der Waals surface area contributed by atoms with Crippen LogP contribution in [0.5, 0.6) is 0 Å². The number of rotatable bonds is 10. The average molecular weight is 357 g/mol. The molecule has 1 rings (SSSR count). The summed E-state index contributed by atoms with van der Waals surface area (Å²) in [5, 5.41) is 0. The van der Waals surface area contributed by atoms with Gasteiger partial charge in [-0.1, -0.05) is 83.6 Å². The minimum atomic E-state index is -1.93. The summed E-state index contributed by atoms with van der Waals surface area (Å²) in [6, 6.07) is 11.2. The van der Waals surface area contributed by atoms with Crippen LogP contribution in [0.15, 0.2) is 43.0 Å². The van der Waals surface area contributed by atoms with Crippen molar-refractivity contribution in [2.24, 2.45) is 0 Å². The normalized spacial score (nSPS) is 12.8. The van der Waals surface area contributed by atoms with Gasteiger partial charge < -0.3 is 4.43 Å². The molecular weight excluding hydrogens is 320 g/mol. The van der Waals surface area contributed by atoms with Gasteiger partial charge in [-0.2, -0.15) is 0 Å². The van der Waals surface area contributed by atoms with Gasteiger partial charge in [0.25, 0.3) is 0 Å². The van der Waals surface area contributed by atoms with Crippen LogP contribution in [0.25, 0.3) is 0 Å². The molecule has 0 saturated carbocycles. The molecule has 0 aliphatic carbocycles. The predicted octanol–water partition coefficient (Wildman–Crippen LogP) is 6.96. The highest BCUT2D eigenvalue weighted by molar-refractivity contribution is 6.76. The van der Waals surface area contributed by atoms with E-state index < -0.39 is 8.32 Å². The molecule has 2 heteroatoms. The molecule has 1 aromatic rings. The quantitative estimate of drug-likeness (QED) is 0.191. The number of hydrogen-bond donors (Lipinski definition) is 0. The molecule has 0 aliphatic heterocycles. The molecule has 25 heavy (non-hydrogen) atoms. The Morgan fingerprint density at radius 2 is 1.72 bits per heavy atom. The zero-order valence-corrected chi connectivity index (χ0v) is 17.8. The van der Waals surface area contributed by atoms with Crippen LogP contribution in [0.4, 0.5) is 0 Å². The molecule has 1 unspecified atom stereocenters. The van der Waals surface area contributed by atoms with Gasteiger partial charge in [-0.3, -0.25) is 0 Å². The third-order valence-electron chi connectivity index (χ3n) is 5.00. The third kappa shape index (κ3) is 6.84. The highest BCUT2D eigenvalue weighted by atomic mass is 28.4. The highest BCUT2D eigenvalue weighted by Gasteiger charge is 2.42. The molecule has 138 valence electrons. The molecule has 0 amide bonds. The lowest BCUT2D eigenvalue weighted by Gasteiger charge is -2.40.